The molecule has 7 nitrogen and oxygen atoms in total. The van der Waals surface area contributed by atoms with Crippen molar-refractivity contribution in [2.75, 3.05) is 13.2 Å². The third-order valence-electron chi connectivity index (χ3n) is 5.26. The van der Waals surface area contributed by atoms with E-state index >= 15 is 0 Å². The summed E-state index contributed by atoms with van der Waals surface area (Å²) in [6, 6.07) is 4.86. The van der Waals surface area contributed by atoms with Crippen molar-refractivity contribution in [3.05, 3.63) is 47.8 Å². The van der Waals surface area contributed by atoms with Crippen molar-refractivity contribution in [1.82, 2.24) is 10.2 Å². The first-order valence-electron chi connectivity index (χ1n) is 9.58. The SMILES string of the molecule is C[C@@H](C(=O)OCC(=O)NCCc1ccc(F)cc1)N1C(=O)[C@H]2CC=CC[C@@H]2C1=O. The maximum Gasteiger partial charge on any atom is 0.329 e. The van der Waals surface area contributed by atoms with Crippen LogP contribution in [0.5, 0.6) is 0 Å². The number of carbonyl (C=O) groups excluding carboxylic acids is 4. The summed E-state index contributed by atoms with van der Waals surface area (Å²) in [6.45, 7) is 1.23. The maximum absolute atomic E-state index is 12.9. The molecule has 1 aliphatic heterocycles. The van der Waals surface area contributed by atoms with Crippen molar-refractivity contribution in [1.29, 1.82) is 0 Å². The molecule has 1 N–H and O–H groups in total. The minimum atomic E-state index is -1.08. The average Bonchev–Trinajstić information content (AvgIpc) is 2.98. The first kappa shape index (κ1) is 20.7. The van der Waals surface area contributed by atoms with Crippen molar-refractivity contribution in [3.8, 4) is 0 Å². The summed E-state index contributed by atoms with van der Waals surface area (Å²) < 4.78 is 17.8. The van der Waals surface area contributed by atoms with Gasteiger partial charge >= 0.3 is 5.97 Å². The Kier molecular flexibility index (Phi) is 6.41. The van der Waals surface area contributed by atoms with Crippen LogP contribution in [0.3, 0.4) is 0 Å². The number of likely N-dealkylation sites (tertiary alicyclic amines) is 1. The molecule has 0 unspecified atom stereocenters. The van der Waals surface area contributed by atoms with Gasteiger partial charge in [-0.1, -0.05) is 24.3 Å². The lowest BCUT2D eigenvalue weighted by molar-refractivity contribution is -0.159. The monoisotopic (exact) mass is 402 g/mol. The highest BCUT2D eigenvalue weighted by atomic mass is 19.1. The molecule has 1 aromatic rings. The molecule has 8 heteroatoms. The highest BCUT2D eigenvalue weighted by molar-refractivity contribution is 6.08. The molecule has 1 fully saturated rings. The number of carbonyl (C=O) groups is 4. The van der Waals surface area contributed by atoms with Gasteiger partial charge in [0.1, 0.15) is 11.9 Å². The van der Waals surface area contributed by atoms with Crippen LogP contribution in [0.25, 0.3) is 0 Å². The Morgan fingerprint density at radius 2 is 1.72 bits per heavy atom. The van der Waals surface area contributed by atoms with Crippen LogP contribution >= 0.6 is 0 Å². The number of amides is 3. The molecule has 3 amide bonds. The number of allylic oxidation sites excluding steroid dienone is 2. The molecule has 3 rings (SSSR count). The summed E-state index contributed by atoms with van der Waals surface area (Å²) in [6.07, 6.45) is 5.22. The van der Waals surface area contributed by atoms with Crippen LogP contribution in [-0.4, -0.2) is 47.8 Å². The van der Waals surface area contributed by atoms with E-state index in [1.165, 1.54) is 19.1 Å². The molecule has 29 heavy (non-hydrogen) atoms. The zero-order valence-electron chi connectivity index (χ0n) is 16.1. The predicted octanol–water partition coefficient (Wildman–Crippen LogP) is 1.37. The number of fused-ring (bicyclic) bond motifs is 1. The van der Waals surface area contributed by atoms with Crippen LogP contribution in [0, 0.1) is 17.7 Å². The lowest BCUT2D eigenvalue weighted by Crippen LogP contribution is -2.45. The molecule has 0 radical (unpaired) electrons. The summed E-state index contributed by atoms with van der Waals surface area (Å²) in [5.74, 6) is -3.19. The van der Waals surface area contributed by atoms with E-state index in [1.807, 2.05) is 12.2 Å². The summed E-state index contributed by atoms with van der Waals surface area (Å²) in [5, 5.41) is 2.60. The number of hydrogen-bond acceptors (Lipinski definition) is 5. The highest BCUT2D eigenvalue weighted by Crippen LogP contribution is 2.36. The number of nitrogens with one attached hydrogen (secondary N) is 1. The molecule has 0 bridgehead atoms. The van der Waals surface area contributed by atoms with E-state index in [0.717, 1.165) is 10.5 Å². The van der Waals surface area contributed by atoms with Gasteiger partial charge in [-0.05, 0) is 43.9 Å². The molecule has 1 aromatic carbocycles. The topological polar surface area (TPSA) is 92.8 Å². The second-order valence-corrected chi connectivity index (χ2v) is 7.21. The van der Waals surface area contributed by atoms with E-state index < -0.39 is 36.4 Å². The summed E-state index contributed by atoms with van der Waals surface area (Å²) in [4.78, 5) is 50.1. The normalized spacial score (nSPS) is 21.7. The Labute approximate surface area is 167 Å². The Morgan fingerprint density at radius 3 is 2.31 bits per heavy atom. The molecule has 0 spiro atoms. The van der Waals surface area contributed by atoms with E-state index in [0.29, 0.717) is 25.8 Å². The molecule has 154 valence electrons. The van der Waals surface area contributed by atoms with Gasteiger partial charge in [0.15, 0.2) is 6.61 Å². The molecule has 3 atom stereocenters. The van der Waals surface area contributed by atoms with Gasteiger partial charge in [-0.25, -0.2) is 9.18 Å². The lowest BCUT2D eigenvalue weighted by atomic mass is 9.85. The van der Waals surface area contributed by atoms with Gasteiger partial charge in [0, 0.05) is 6.54 Å². The van der Waals surface area contributed by atoms with Gasteiger partial charge in [-0.15, -0.1) is 0 Å². The van der Waals surface area contributed by atoms with Gasteiger partial charge in [0.05, 0.1) is 11.8 Å². The standard InChI is InChI=1S/C21H23FN2O5/c1-13(24-19(26)16-4-2-3-5-17(16)20(24)27)21(28)29-12-18(25)23-11-10-14-6-8-15(22)9-7-14/h2-3,6-9,13,16-17H,4-5,10-12H2,1H3,(H,23,25)/t13-,16-,17-/m0/s1. The van der Waals surface area contributed by atoms with Gasteiger partial charge in [0.25, 0.3) is 5.91 Å². The first-order valence-corrected chi connectivity index (χ1v) is 9.58. The maximum atomic E-state index is 12.9. The number of hydrogen-bond donors (Lipinski definition) is 1. The van der Waals surface area contributed by atoms with Crippen LogP contribution < -0.4 is 5.32 Å². The molecule has 0 saturated carbocycles. The van der Waals surface area contributed by atoms with Crippen LogP contribution in [-0.2, 0) is 30.3 Å². The molecule has 1 heterocycles. The average molecular weight is 402 g/mol. The molecule has 2 aliphatic rings. The minimum Gasteiger partial charge on any atom is -0.454 e. The highest BCUT2D eigenvalue weighted by Gasteiger charge is 2.50. The number of imide groups is 1. The number of benzene rings is 1. The molecular formula is C21H23FN2O5. The molecule has 1 saturated heterocycles. The first-order chi connectivity index (χ1) is 13.9. The number of halogens is 1. The van der Waals surface area contributed by atoms with Crippen LogP contribution in [0.1, 0.15) is 25.3 Å². The van der Waals surface area contributed by atoms with Gasteiger partial charge < -0.3 is 10.1 Å². The van der Waals surface area contributed by atoms with Crippen molar-refractivity contribution >= 4 is 23.7 Å². The van der Waals surface area contributed by atoms with E-state index in [-0.39, 0.29) is 17.6 Å². The van der Waals surface area contributed by atoms with Crippen molar-refractivity contribution in [3.63, 3.8) is 0 Å². The smallest absolute Gasteiger partial charge is 0.329 e. The number of ether oxygens (including phenoxy) is 1. The Bertz CT molecular complexity index is 810. The van der Waals surface area contributed by atoms with Gasteiger partial charge in [-0.3, -0.25) is 19.3 Å². The lowest BCUT2D eigenvalue weighted by Gasteiger charge is -2.21. The summed E-state index contributed by atoms with van der Waals surface area (Å²) in [5.41, 5.74) is 0.860. The van der Waals surface area contributed by atoms with Crippen molar-refractivity contribution in [2.45, 2.75) is 32.2 Å². The minimum absolute atomic E-state index is 0.303. The third-order valence-corrected chi connectivity index (χ3v) is 5.26. The van der Waals surface area contributed by atoms with Crippen molar-refractivity contribution in [2.24, 2.45) is 11.8 Å². The van der Waals surface area contributed by atoms with Crippen LogP contribution in [0.4, 0.5) is 4.39 Å². The van der Waals surface area contributed by atoms with Crippen LogP contribution in [0.2, 0.25) is 0 Å². The number of esters is 1. The number of nitrogens with zero attached hydrogens (tertiary/aromatic N) is 1. The Hall–Kier alpha value is -3.03. The largest absolute Gasteiger partial charge is 0.454 e. The second kappa shape index (κ2) is 8.98. The zero-order chi connectivity index (χ0) is 21.0. The fourth-order valence-electron chi connectivity index (χ4n) is 3.62. The number of rotatable bonds is 7. The summed E-state index contributed by atoms with van der Waals surface area (Å²) >= 11 is 0. The molecular weight excluding hydrogens is 379 g/mol. The van der Waals surface area contributed by atoms with E-state index in [2.05, 4.69) is 5.32 Å². The zero-order valence-corrected chi connectivity index (χ0v) is 16.1. The second-order valence-electron chi connectivity index (χ2n) is 7.21. The Balaban J connectivity index is 1.43. The fraction of sp³-hybridized carbons (Fsp3) is 0.429. The third kappa shape index (κ3) is 4.70. The van der Waals surface area contributed by atoms with E-state index in [9.17, 15) is 23.6 Å². The summed E-state index contributed by atoms with van der Waals surface area (Å²) in [7, 11) is 0. The van der Waals surface area contributed by atoms with E-state index in [1.54, 1.807) is 12.1 Å². The van der Waals surface area contributed by atoms with E-state index in [4.69, 9.17) is 4.74 Å². The Morgan fingerprint density at radius 1 is 1.14 bits per heavy atom. The quantitative estimate of drug-likeness (QED) is 0.422. The van der Waals surface area contributed by atoms with Crippen LogP contribution in [0.15, 0.2) is 36.4 Å². The molecule has 1 aliphatic carbocycles. The van der Waals surface area contributed by atoms with Crippen molar-refractivity contribution < 1.29 is 28.3 Å². The van der Waals surface area contributed by atoms with Gasteiger partial charge in [-0.2, -0.15) is 0 Å². The fourth-order valence-corrected chi connectivity index (χ4v) is 3.62. The van der Waals surface area contributed by atoms with Gasteiger partial charge in [0.2, 0.25) is 11.8 Å². The predicted molar refractivity (Wildman–Crippen MR) is 101 cm³/mol. The molecule has 0 aromatic heterocycles.